The van der Waals surface area contributed by atoms with E-state index in [0.717, 1.165) is 41.8 Å². The van der Waals surface area contributed by atoms with Gasteiger partial charge in [0.1, 0.15) is 0 Å². The van der Waals surface area contributed by atoms with Gasteiger partial charge in [-0.05, 0) is 85.0 Å². The second-order valence-corrected chi connectivity index (χ2v) is 11.1. The van der Waals surface area contributed by atoms with Crippen molar-refractivity contribution < 1.29 is 13.2 Å². The van der Waals surface area contributed by atoms with Crippen molar-refractivity contribution in [2.75, 3.05) is 24.5 Å². The van der Waals surface area contributed by atoms with Gasteiger partial charge in [0.05, 0.1) is 4.90 Å². The highest BCUT2D eigenvalue weighted by Crippen LogP contribution is 2.35. The van der Waals surface area contributed by atoms with Crippen molar-refractivity contribution in [3.8, 4) is 0 Å². The van der Waals surface area contributed by atoms with Crippen molar-refractivity contribution in [3.05, 3.63) is 94.0 Å². The fourth-order valence-electron chi connectivity index (χ4n) is 4.53. The van der Waals surface area contributed by atoms with Gasteiger partial charge in [0.15, 0.2) is 0 Å². The molecule has 0 saturated heterocycles. The molecular formula is C28H32ClN3O3S. The molecule has 0 spiro atoms. The smallest absolute Gasteiger partial charge is 0.258 e. The van der Waals surface area contributed by atoms with E-state index in [4.69, 9.17) is 11.6 Å². The molecule has 0 fully saturated rings. The largest absolute Gasteiger partial charge is 0.315 e. The van der Waals surface area contributed by atoms with Gasteiger partial charge in [-0.15, -0.1) is 0 Å². The summed E-state index contributed by atoms with van der Waals surface area (Å²) in [6.07, 6.45) is 2.30. The Morgan fingerprint density at radius 1 is 1.06 bits per heavy atom. The number of halogens is 1. The number of carbonyl (C=O) groups is 1. The van der Waals surface area contributed by atoms with E-state index in [-0.39, 0.29) is 16.8 Å². The van der Waals surface area contributed by atoms with Gasteiger partial charge < -0.3 is 10.2 Å². The summed E-state index contributed by atoms with van der Waals surface area (Å²) in [5, 5.41) is 3.78. The second kappa shape index (κ2) is 11.6. The van der Waals surface area contributed by atoms with Crippen LogP contribution in [0.3, 0.4) is 0 Å². The first-order valence-corrected chi connectivity index (χ1v) is 14.2. The molecule has 190 valence electrons. The van der Waals surface area contributed by atoms with E-state index in [1.807, 2.05) is 44.2 Å². The summed E-state index contributed by atoms with van der Waals surface area (Å²) < 4.78 is 29.1. The van der Waals surface area contributed by atoms with Gasteiger partial charge in [-0.2, -0.15) is 0 Å². The van der Waals surface area contributed by atoms with E-state index in [1.165, 1.54) is 0 Å². The number of sulfonamides is 1. The molecule has 0 radical (unpaired) electrons. The Balaban J connectivity index is 1.62. The zero-order chi connectivity index (χ0) is 25.7. The zero-order valence-corrected chi connectivity index (χ0v) is 22.2. The number of likely N-dealkylation sites (N-methyl/N-ethyl adjacent to an activating group) is 1. The number of nitrogens with zero attached hydrogens (tertiary/aromatic N) is 1. The third kappa shape index (κ3) is 5.98. The van der Waals surface area contributed by atoms with E-state index in [1.54, 1.807) is 41.3 Å². The van der Waals surface area contributed by atoms with Crippen molar-refractivity contribution in [2.24, 2.45) is 0 Å². The third-order valence-corrected chi connectivity index (χ3v) is 8.26. The van der Waals surface area contributed by atoms with E-state index in [9.17, 15) is 13.2 Å². The molecule has 2 N–H and O–H groups in total. The number of carbonyl (C=O) groups excluding carboxylic acids is 1. The van der Waals surface area contributed by atoms with E-state index < -0.39 is 10.0 Å². The van der Waals surface area contributed by atoms with E-state index in [0.29, 0.717) is 30.1 Å². The molecular weight excluding hydrogens is 494 g/mol. The lowest BCUT2D eigenvalue weighted by atomic mass is 10.1. The number of benzene rings is 3. The van der Waals surface area contributed by atoms with Gasteiger partial charge in [0.2, 0.25) is 10.0 Å². The fourth-order valence-corrected chi connectivity index (χ4v) is 5.97. The summed E-state index contributed by atoms with van der Waals surface area (Å²) in [6, 6.07) is 19.4. The normalized spacial score (nSPS) is 15.0. The van der Waals surface area contributed by atoms with E-state index in [2.05, 4.69) is 10.0 Å². The van der Waals surface area contributed by atoms with Crippen molar-refractivity contribution in [1.29, 1.82) is 0 Å². The quantitative estimate of drug-likeness (QED) is 0.360. The van der Waals surface area contributed by atoms with Crippen molar-refractivity contribution in [3.63, 3.8) is 0 Å². The van der Waals surface area contributed by atoms with Gasteiger partial charge in [-0.3, -0.25) is 4.79 Å². The lowest BCUT2D eigenvalue weighted by Gasteiger charge is -2.25. The van der Waals surface area contributed by atoms with Crippen LogP contribution in [-0.2, 0) is 22.9 Å². The highest BCUT2D eigenvalue weighted by molar-refractivity contribution is 7.89. The summed E-state index contributed by atoms with van der Waals surface area (Å²) in [5.74, 6) is -0.151. The van der Waals surface area contributed by atoms with Gasteiger partial charge in [-0.25, -0.2) is 13.1 Å². The molecule has 0 aromatic heterocycles. The molecule has 0 aliphatic heterocycles. The van der Waals surface area contributed by atoms with Crippen LogP contribution in [-0.4, -0.2) is 34.0 Å². The molecule has 0 heterocycles. The Morgan fingerprint density at radius 3 is 2.53 bits per heavy atom. The number of aryl methyl sites for hydroxylation is 2. The first-order valence-electron chi connectivity index (χ1n) is 12.3. The van der Waals surface area contributed by atoms with Crippen LogP contribution in [0.4, 0.5) is 5.69 Å². The van der Waals surface area contributed by atoms with Crippen LogP contribution in [0.2, 0.25) is 5.02 Å². The van der Waals surface area contributed by atoms with Crippen LogP contribution in [0.25, 0.3) is 0 Å². The Hall–Kier alpha value is -2.71. The first kappa shape index (κ1) is 26.4. The number of amides is 1. The molecule has 1 aliphatic carbocycles. The van der Waals surface area contributed by atoms with Crippen molar-refractivity contribution in [2.45, 2.75) is 44.0 Å². The maximum Gasteiger partial charge on any atom is 0.258 e. The maximum atomic E-state index is 13.5. The summed E-state index contributed by atoms with van der Waals surface area (Å²) in [4.78, 5) is 15.4. The van der Waals surface area contributed by atoms with Crippen molar-refractivity contribution >= 4 is 33.2 Å². The molecule has 3 aromatic rings. The second-order valence-electron chi connectivity index (χ2n) is 8.91. The van der Waals surface area contributed by atoms with Crippen LogP contribution in [0.15, 0.2) is 71.6 Å². The van der Waals surface area contributed by atoms with Crippen LogP contribution < -0.4 is 14.9 Å². The third-order valence-electron chi connectivity index (χ3n) is 6.54. The van der Waals surface area contributed by atoms with Crippen LogP contribution in [0, 0.1) is 0 Å². The lowest BCUT2D eigenvalue weighted by Crippen LogP contribution is -2.37. The predicted molar refractivity (Wildman–Crippen MR) is 145 cm³/mol. The number of hydrogen-bond donors (Lipinski definition) is 2. The zero-order valence-electron chi connectivity index (χ0n) is 20.6. The molecule has 0 bridgehead atoms. The summed E-state index contributed by atoms with van der Waals surface area (Å²) in [7, 11) is -3.68. The first-order chi connectivity index (χ1) is 17.3. The minimum atomic E-state index is -3.68. The molecule has 36 heavy (non-hydrogen) atoms. The molecule has 1 aliphatic rings. The topological polar surface area (TPSA) is 78.5 Å². The molecule has 8 heteroatoms. The highest BCUT2D eigenvalue weighted by atomic mass is 35.5. The van der Waals surface area contributed by atoms with Gasteiger partial charge >= 0.3 is 0 Å². The van der Waals surface area contributed by atoms with Gasteiger partial charge in [0, 0.05) is 35.4 Å². The minimum Gasteiger partial charge on any atom is -0.315 e. The molecule has 6 nitrogen and oxygen atoms in total. The number of rotatable bonds is 10. The van der Waals surface area contributed by atoms with Gasteiger partial charge in [-0.1, -0.05) is 49.7 Å². The van der Waals surface area contributed by atoms with Crippen LogP contribution in [0.1, 0.15) is 53.4 Å². The summed E-state index contributed by atoms with van der Waals surface area (Å²) >= 11 is 6.14. The Bertz CT molecular complexity index is 1330. The number of fused-ring (bicyclic) bond motifs is 1. The number of hydrogen-bond acceptors (Lipinski definition) is 4. The van der Waals surface area contributed by atoms with Gasteiger partial charge in [0.25, 0.3) is 5.91 Å². The Labute approximate surface area is 218 Å². The Morgan fingerprint density at radius 2 is 1.83 bits per heavy atom. The summed E-state index contributed by atoms with van der Waals surface area (Å²) in [6.45, 7) is 5.95. The monoisotopic (exact) mass is 525 g/mol. The predicted octanol–water partition coefficient (Wildman–Crippen LogP) is 5.12. The SMILES string of the molecule is CCNCCN(C(=O)c1cccc(Cl)c1)c1ccc2c(c1)C(NS(=O)(=O)c1ccc(CC)cc1)CC2. The molecule has 4 rings (SSSR count). The molecule has 1 amide bonds. The average molecular weight is 526 g/mol. The standard InChI is InChI=1S/C28H32ClN3O3S/c1-3-20-8-13-25(14-9-20)36(34,35)31-27-15-11-21-10-12-24(19-26(21)27)32(17-16-30-4-2)28(33)22-6-5-7-23(29)18-22/h5-10,12-14,18-19,27,30-31H,3-4,11,15-17H2,1-2H3. The van der Waals surface area contributed by atoms with Crippen molar-refractivity contribution in [1.82, 2.24) is 10.0 Å². The molecule has 1 atom stereocenters. The summed E-state index contributed by atoms with van der Waals surface area (Å²) in [5.41, 5.74) is 4.33. The molecule has 3 aromatic carbocycles. The average Bonchev–Trinajstić information content (AvgIpc) is 3.27. The fraction of sp³-hybridized carbons (Fsp3) is 0.321. The lowest BCUT2D eigenvalue weighted by molar-refractivity contribution is 0.0987. The maximum absolute atomic E-state index is 13.5. The highest BCUT2D eigenvalue weighted by Gasteiger charge is 2.29. The molecule has 0 saturated carbocycles. The van der Waals surface area contributed by atoms with Crippen LogP contribution >= 0.6 is 11.6 Å². The molecule has 1 unspecified atom stereocenters. The number of nitrogens with one attached hydrogen (secondary N) is 2. The van der Waals surface area contributed by atoms with E-state index >= 15 is 0 Å². The Kier molecular flexibility index (Phi) is 8.46. The number of anilines is 1. The van der Waals surface area contributed by atoms with Crippen LogP contribution in [0.5, 0.6) is 0 Å². The minimum absolute atomic E-state index is 0.151.